The Hall–Kier alpha value is -2.27. The summed E-state index contributed by atoms with van der Waals surface area (Å²) < 4.78 is 27.8. The quantitative estimate of drug-likeness (QED) is 0.707. The van der Waals surface area contributed by atoms with Gasteiger partial charge in [-0.05, 0) is 24.3 Å². The Morgan fingerprint density at radius 1 is 1.20 bits per heavy atom. The van der Waals surface area contributed by atoms with Crippen molar-refractivity contribution in [2.24, 2.45) is 0 Å². The molecule has 0 aliphatic heterocycles. The minimum Gasteiger partial charge on any atom is -0.396 e. The molecule has 2 aromatic carbocycles. The van der Waals surface area contributed by atoms with E-state index >= 15 is 0 Å². The summed E-state index contributed by atoms with van der Waals surface area (Å²) in [5, 5.41) is 0.618. The van der Waals surface area contributed by atoms with Crippen molar-refractivity contribution >= 4 is 33.3 Å². The van der Waals surface area contributed by atoms with E-state index in [1.165, 1.54) is 35.6 Å². The van der Waals surface area contributed by atoms with Crippen molar-refractivity contribution in [3.8, 4) is 10.6 Å². The van der Waals surface area contributed by atoms with E-state index in [4.69, 9.17) is 5.73 Å². The maximum Gasteiger partial charge on any atom is 0.147 e. The topological polar surface area (TPSA) is 38.9 Å². The lowest BCUT2D eigenvalue weighted by Crippen LogP contribution is -1.95. The molecule has 0 radical (unpaired) electrons. The van der Waals surface area contributed by atoms with Gasteiger partial charge in [0.1, 0.15) is 16.6 Å². The average molecular weight is 288 g/mol. The molecular weight excluding hydrogens is 278 g/mol. The molecule has 0 atom stereocenters. The number of thiazole rings is 1. The summed E-state index contributed by atoms with van der Waals surface area (Å²) in [5.74, 6) is -0.854. The Balaban J connectivity index is 2.20. The van der Waals surface area contributed by atoms with Gasteiger partial charge < -0.3 is 5.73 Å². The number of hydrogen-bond donors (Lipinski definition) is 1. The highest BCUT2D eigenvalue weighted by Crippen LogP contribution is 2.33. The first kappa shape index (κ1) is 12.7. The smallest absolute Gasteiger partial charge is 0.147 e. The van der Waals surface area contributed by atoms with Crippen molar-refractivity contribution in [3.05, 3.63) is 54.1 Å². The first-order valence-corrected chi connectivity index (χ1v) is 6.68. The molecule has 0 amide bonds. The number of nitrogens with two attached hydrogens (primary N) is 1. The molecule has 0 saturated carbocycles. The van der Waals surface area contributed by atoms with Gasteiger partial charge in [-0.1, -0.05) is 12.7 Å². The molecule has 0 saturated heterocycles. The first-order valence-electron chi connectivity index (χ1n) is 5.86. The zero-order valence-corrected chi connectivity index (χ0v) is 11.2. The molecule has 100 valence electrons. The van der Waals surface area contributed by atoms with Crippen LogP contribution in [0.5, 0.6) is 0 Å². The van der Waals surface area contributed by atoms with Crippen molar-refractivity contribution in [2.45, 2.75) is 0 Å². The van der Waals surface area contributed by atoms with Crippen LogP contribution >= 0.6 is 11.3 Å². The zero-order chi connectivity index (χ0) is 14.3. The molecule has 0 bridgehead atoms. The van der Waals surface area contributed by atoms with Crippen LogP contribution in [0.2, 0.25) is 0 Å². The van der Waals surface area contributed by atoms with Crippen molar-refractivity contribution in [2.75, 3.05) is 5.73 Å². The second kappa shape index (κ2) is 4.68. The number of halogens is 2. The van der Waals surface area contributed by atoms with Crippen LogP contribution in [0, 0.1) is 11.6 Å². The molecule has 2 nitrogen and oxygen atoms in total. The van der Waals surface area contributed by atoms with Gasteiger partial charge in [0.25, 0.3) is 0 Å². The Bertz CT molecular complexity index is 824. The predicted molar refractivity (Wildman–Crippen MR) is 79.5 cm³/mol. The normalized spacial score (nSPS) is 10.9. The van der Waals surface area contributed by atoms with E-state index in [1.54, 1.807) is 12.1 Å². The number of hydrogen-bond acceptors (Lipinski definition) is 3. The summed E-state index contributed by atoms with van der Waals surface area (Å²) >= 11 is 1.37. The molecule has 0 fully saturated rings. The van der Waals surface area contributed by atoms with Gasteiger partial charge in [0, 0.05) is 17.2 Å². The average Bonchev–Trinajstić information content (AvgIpc) is 2.84. The third-order valence-electron chi connectivity index (χ3n) is 2.98. The lowest BCUT2D eigenvalue weighted by molar-refractivity contribution is 0.629. The van der Waals surface area contributed by atoms with Crippen LogP contribution in [0.25, 0.3) is 26.9 Å². The SMILES string of the molecule is C=Cc1cc(-c2nc3cc(F)ccc3s2)cc(F)c1N. The van der Waals surface area contributed by atoms with Gasteiger partial charge in [-0.3, -0.25) is 0 Å². The monoisotopic (exact) mass is 288 g/mol. The van der Waals surface area contributed by atoms with Crippen molar-refractivity contribution in [3.63, 3.8) is 0 Å². The van der Waals surface area contributed by atoms with Crippen LogP contribution in [0.1, 0.15) is 5.56 Å². The number of fused-ring (bicyclic) bond motifs is 1. The van der Waals surface area contributed by atoms with Gasteiger partial charge in [-0.25, -0.2) is 13.8 Å². The second-order valence-electron chi connectivity index (χ2n) is 4.30. The number of rotatable bonds is 2. The van der Waals surface area contributed by atoms with Crippen LogP contribution in [-0.2, 0) is 0 Å². The van der Waals surface area contributed by atoms with E-state index in [2.05, 4.69) is 11.6 Å². The van der Waals surface area contributed by atoms with E-state index in [9.17, 15) is 8.78 Å². The zero-order valence-electron chi connectivity index (χ0n) is 10.4. The number of aromatic nitrogens is 1. The number of anilines is 1. The van der Waals surface area contributed by atoms with Crippen molar-refractivity contribution in [1.29, 1.82) is 0 Å². The fraction of sp³-hybridized carbons (Fsp3) is 0. The Labute approximate surface area is 118 Å². The fourth-order valence-corrected chi connectivity index (χ4v) is 2.89. The number of nitrogen functional groups attached to an aromatic ring is 1. The standard InChI is InChI=1S/C15H10F2N2S/c1-2-8-5-9(6-11(17)14(8)18)15-19-12-7-10(16)3-4-13(12)20-15/h2-7H,1,18H2. The molecule has 0 unspecified atom stereocenters. The molecule has 1 heterocycles. The van der Waals surface area contributed by atoms with Gasteiger partial charge in [-0.2, -0.15) is 0 Å². The highest BCUT2D eigenvalue weighted by atomic mass is 32.1. The molecule has 0 spiro atoms. The largest absolute Gasteiger partial charge is 0.396 e. The maximum absolute atomic E-state index is 13.8. The van der Waals surface area contributed by atoms with Gasteiger partial charge in [0.2, 0.25) is 0 Å². The summed E-state index contributed by atoms with van der Waals surface area (Å²) in [6.45, 7) is 3.61. The van der Waals surface area contributed by atoms with Gasteiger partial charge in [0.05, 0.1) is 15.9 Å². The molecule has 2 N–H and O–H groups in total. The number of nitrogens with zero attached hydrogens (tertiary/aromatic N) is 1. The third-order valence-corrected chi connectivity index (χ3v) is 4.06. The lowest BCUT2D eigenvalue weighted by atomic mass is 10.1. The molecule has 20 heavy (non-hydrogen) atoms. The second-order valence-corrected chi connectivity index (χ2v) is 5.33. The van der Waals surface area contributed by atoms with E-state index in [1.807, 2.05) is 0 Å². The minimum atomic E-state index is -0.511. The van der Waals surface area contributed by atoms with E-state index in [-0.39, 0.29) is 11.5 Å². The van der Waals surface area contributed by atoms with E-state index in [0.29, 0.717) is 21.7 Å². The summed E-state index contributed by atoms with van der Waals surface area (Å²) in [4.78, 5) is 4.33. The van der Waals surface area contributed by atoms with Gasteiger partial charge >= 0.3 is 0 Å². The molecule has 3 rings (SSSR count). The summed E-state index contributed by atoms with van der Waals surface area (Å²) in [6.07, 6.45) is 1.49. The van der Waals surface area contributed by atoms with Crippen LogP contribution in [0.4, 0.5) is 14.5 Å². The first-order chi connectivity index (χ1) is 9.58. The maximum atomic E-state index is 13.8. The summed E-state index contributed by atoms with van der Waals surface area (Å²) in [7, 11) is 0. The van der Waals surface area contributed by atoms with E-state index < -0.39 is 5.82 Å². The van der Waals surface area contributed by atoms with Gasteiger partial charge in [-0.15, -0.1) is 11.3 Å². The van der Waals surface area contributed by atoms with Crippen LogP contribution in [-0.4, -0.2) is 4.98 Å². The highest BCUT2D eigenvalue weighted by Gasteiger charge is 2.11. The summed E-state index contributed by atoms with van der Waals surface area (Å²) in [5.41, 5.74) is 7.37. The lowest BCUT2D eigenvalue weighted by Gasteiger charge is -2.04. The third kappa shape index (κ3) is 2.06. The Kier molecular flexibility index (Phi) is 2.99. The molecule has 0 aliphatic rings. The van der Waals surface area contributed by atoms with Crippen LogP contribution < -0.4 is 5.73 Å². The molecule has 1 aromatic heterocycles. The van der Waals surface area contributed by atoms with Crippen LogP contribution in [0.3, 0.4) is 0 Å². The molecule has 3 aromatic rings. The van der Waals surface area contributed by atoms with Crippen LogP contribution in [0.15, 0.2) is 36.9 Å². The highest BCUT2D eigenvalue weighted by molar-refractivity contribution is 7.21. The van der Waals surface area contributed by atoms with Gasteiger partial charge in [0.15, 0.2) is 0 Å². The van der Waals surface area contributed by atoms with E-state index in [0.717, 1.165) is 4.70 Å². The molecule has 5 heteroatoms. The van der Waals surface area contributed by atoms with Crippen molar-refractivity contribution < 1.29 is 8.78 Å². The summed E-state index contributed by atoms with van der Waals surface area (Å²) in [6, 6.07) is 7.45. The molecular formula is C15H10F2N2S. The Morgan fingerprint density at radius 3 is 2.75 bits per heavy atom. The number of benzene rings is 2. The Morgan fingerprint density at radius 2 is 2.00 bits per heavy atom. The molecule has 0 aliphatic carbocycles. The fourth-order valence-electron chi connectivity index (χ4n) is 1.96. The minimum absolute atomic E-state index is 0.0657. The predicted octanol–water partition coefficient (Wildman–Crippen LogP) is 4.47. The van der Waals surface area contributed by atoms with Crippen molar-refractivity contribution in [1.82, 2.24) is 4.98 Å².